The molecule has 0 aromatic carbocycles. The lowest BCUT2D eigenvalue weighted by molar-refractivity contribution is 0.398. The van der Waals surface area contributed by atoms with Crippen molar-refractivity contribution in [2.24, 2.45) is 0 Å². The topological polar surface area (TPSA) is 41.0 Å². The van der Waals surface area contributed by atoms with Gasteiger partial charge in [-0.3, -0.25) is 0 Å². The molecule has 5 heteroatoms. The van der Waals surface area contributed by atoms with Gasteiger partial charge in [0.2, 0.25) is 0 Å². The first kappa shape index (κ1) is 12.5. The molecule has 1 fully saturated rings. The molecule has 0 spiro atoms. The first-order chi connectivity index (χ1) is 8.24. The SMILES string of the molecule is CCNc1cc(N(C)C2CCC2)nc(SC)n1. The second-order valence-corrected chi connectivity index (χ2v) is 5.10. The van der Waals surface area contributed by atoms with Gasteiger partial charge in [-0.25, -0.2) is 9.97 Å². The minimum absolute atomic E-state index is 0.661. The molecule has 0 radical (unpaired) electrons. The van der Waals surface area contributed by atoms with Crippen LogP contribution in [0.3, 0.4) is 0 Å². The summed E-state index contributed by atoms with van der Waals surface area (Å²) in [5, 5.41) is 4.10. The number of aromatic nitrogens is 2. The van der Waals surface area contributed by atoms with Crippen molar-refractivity contribution in [3.05, 3.63) is 6.07 Å². The van der Waals surface area contributed by atoms with Gasteiger partial charge in [-0.2, -0.15) is 0 Å². The summed E-state index contributed by atoms with van der Waals surface area (Å²) in [5.74, 6) is 1.96. The van der Waals surface area contributed by atoms with E-state index < -0.39 is 0 Å². The van der Waals surface area contributed by atoms with Crippen LogP contribution in [0.5, 0.6) is 0 Å². The summed E-state index contributed by atoms with van der Waals surface area (Å²) in [6.07, 6.45) is 5.92. The Kier molecular flexibility index (Phi) is 4.10. The average molecular weight is 252 g/mol. The van der Waals surface area contributed by atoms with Gasteiger partial charge in [0.1, 0.15) is 11.6 Å². The van der Waals surface area contributed by atoms with Crippen LogP contribution >= 0.6 is 11.8 Å². The van der Waals surface area contributed by atoms with E-state index in [1.165, 1.54) is 19.3 Å². The van der Waals surface area contributed by atoms with E-state index in [0.717, 1.165) is 23.3 Å². The molecule has 1 N–H and O–H groups in total. The molecule has 94 valence electrons. The maximum atomic E-state index is 4.57. The van der Waals surface area contributed by atoms with Gasteiger partial charge in [-0.05, 0) is 32.4 Å². The number of anilines is 2. The maximum Gasteiger partial charge on any atom is 0.191 e. The van der Waals surface area contributed by atoms with Crippen molar-refractivity contribution in [3.8, 4) is 0 Å². The van der Waals surface area contributed by atoms with Gasteiger partial charge in [-0.1, -0.05) is 11.8 Å². The second kappa shape index (κ2) is 5.58. The summed E-state index contributed by atoms with van der Waals surface area (Å²) >= 11 is 1.59. The van der Waals surface area contributed by atoms with Crippen LogP contribution in [-0.2, 0) is 0 Å². The van der Waals surface area contributed by atoms with Crippen molar-refractivity contribution in [3.63, 3.8) is 0 Å². The zero-order valence-corrected chi connectivity index (χ0v) is 11.5. The Morgan fingerprint density at radius 3 is 2.76 bits per heavy atom. The molecular formula is C12H20N4S. The highest BCUT2D eigenvalue weighted by Gasteiger charge is 2.23. The Labute approximate surface area is 107 Å². The van der Waals surface area contributed by atoms with Gasteiger partial charge in [0, 0.05) is 25.7 Å². The second-order valence-electron chi connectivity index (χ2n) is 4.32. The monoisotopic (exact) mass is 252 g/mol. The lowest BCUT2D eigenvalue weighted by Gasteiger charge is -2.35. The first-order valence-corrected chi connectivity index (χ1v) is 7.37. The fourth-order valence-electron chi connectivity index (χ4n) is 1.92. The summed E-state index contributed by atoms with van der Waals surface area (Å²) < 4.78 is 0. The third-order valence-electron chi connectivity index (χ3n) is 3.22. The van der Waals surface area contributed by atoms with Crippen molar-refractivity contribution in [1.82, 2.24) is 9.97 Å². The number of nitrogens with one attached hydrogen (secondary N) is 1. The molecule has 1 heterocycles. The van der Waals surface area contributed by atoms with Crippen LogP contribution in [-0.4, -0.2) is 35.9 Å². The molecule has 0 unspecified atom stereocenters. The molecule has 4 nitrogen and oxygen atoms in total. The number of nitrogens with zero attached hydrogens (tertiary/aromatic N) is 3. The quantitative estimate of drug-likeness (QED) is 0.644. The van der Waals surface area contributed by atoms with Crippen molar-refractivity contribution in [1.29, 1.82) is 0 Å². The van der Waals surface area contributed by atoms with E-state index in [2.05, 4.69) is 34.2 Å². The van der Waals surface area contributed by atoms with Crippen LogP contribution in [0.2, 0.25) is 0 Å². The van der Waals surface area contributed by atoms with Crippen molar-refractivity contribution < 1.29 is 0 Å². The number of rotatable bonds is 5. The number of thioether (sulfide) groups is 1. The smallest absolute Gasteiger partial charge is 0.191 e. The van der Waals surface area contributed by atoms with Crippen LogP contribution in [0.25, 0.3) is 0 Å². The Hall–Kier alpha value is -0.970. The van der Waals surface area contributed by atoms with Crippen LogP contribution in [0, 0.1) is 0 Å². The van der Waals surface area contributed by atoms with Gasteiger partial charge in [0.05, 0.1) is 0 Å². The molecule has 0 atom stereocenters. The lowest BCUT2D eigenvalue weighted by atomic mass is 9.92. The van der Waals surface area contributed by atoms with E-state index in [1.54, 1.807) is 11.8 Å². The molecule has 0 aliphatic heterocycles. The normalized spacial score (nSPS) is 15.5. The molecule has 2 rings (SSSR count). The van der Waals surface area contributed by atoms with Gasteiger partial charge < -0.3 is 10.2 Å². The van der Waals surface area contributed by atoms with Crippen molar-refractivity contribution in [2.45, 2.75) is 37.4 Å². The highest BCUT2D eigenvalue weighted by molar-refractivity contribution is 7.98. The maximum absolute atomic E-state index is 4.57. The molecule has 1 aromatic heterocycles. The zero-order chi connectivity index (χ0) is 12.3. The Morgan fingerprint density at radius 2 is 2.24 bits per heavy atom. The predicted octanol–water partition coefficient (Wildman–Crippen LogP) is 2.62. The summed E-state index contributed by atoms with van der Waals surface area (Å²) in [4.78, 5) is 11.3. The van der Waals surface area contributed by atoms with E-state index in [-0.39, 0.29) is 0 Å². The first-order valence-electron chi connectivity index (χ1n) is 6.14. The highest BCUT2D eigenvalue weighted by atomic mass is 32.2. The van der Waals surface area contributed by atoms with E-state index in [0.29, 0.717) is 6.04 Å². The van der Waals surface area contributed by atoms with E-state index >= 15 is 0 Å². The number of hydrogen-bond donors (Lipinski definition) is 1. The van der Waals surface area contributed by atoms with Gasteiger partial charge in [0.15, 0.2) is 5.16 Å². The molecule has 1 aliphatic carbocycles. The fraction of sp³-hybridized carbons (Fsp3) is 0.667. The van der Waals surface area contributed by atoms with Crippen LogP contribution in [0.15, 0.2) is 11.2 Å². The predicted molar refractivity (Wildman–Crippen MR) is 74.0 cm³/mol. The Bertz CT molecular complexity index is 379. The third-order valence-corrected chi connectivity index (χ3v) is 3.76. The van der Waals surface area contributed by atoms with E-state index in [1.807, 2.05) is 12.3 Å². The Balaban J connectivity index is 2.21. The minimum atomic E-state index is 0.661. The molecule has 0 bridgehead atoms. The van der Waals surface area contributed by atoms with Crippen molar-refractivity contribution in [2.75, 3.05) is 30.1 Å². The van der Waals surface area contributed by atoms with Gasteiger partial charge in [-0.15, -0.1) is 0 Å². The molecule has 1 saturated carbocycles. The van der Waals surface area contributed by atoms with Crippen LogP contribution < -0.4 is 10.2 Å². The van der Waals surface area contributed by atoms with Gasteiger partial charge in [0.25, 0.3) is 0 Å². The minimum Gasteiger partial charge on any atom is -0.370 e. The number of hydrogen-bond acceptors (Lipinski definition) is 5. The summed E-state index contributed by atoms with van der Waals surface area (Å²) in [5.41, 5.74) is 0. The van der Waals surface area contributed by atoms with E-state index in [4.69, 9.17) is 0 Å². The standard InChI is InChI=1S/C12H20N4S/c1-4-13-10-8-11(15-12(14-10)17-3)16(2)9-6-5-7-9/h8-9H,4-7H2,1-3H3,(H,13,14,15). The van der Waals surface area contributed by atoms with Crippen LogP contribution in [0.1, 0.15) is 26.2 Å². The van der Waals surface area contributed by atoms with Crippen molar-refractivity contribution >= 4 is 23.4 Å². The summed E-state index contributed by atoms with van der Waals surface area (Å²) in [6.45, 7) is 2.97. The molecule has 0 saturated heterocycles. The third kappa shape index (κ3) is 2.83. The highest BCUT2D eigenvalue weighted by Crippen LogP contribution is 2.28. The summed E-state index contributed by atoms with van der Waals surface area (Å²) in [6, 6.07) is 2.70. The Morgan fingerprint density at radius 1 is 1.47 bits per heavy atom. The molecule has 0 amide bonds. The fourth-order valence-corrected chi connectivity index (χ4v) is 2.29. The van der Waals surface area contributed by atoms with Gasteiger partial charge >= 0.3 is 0 Å². The summed E-state index contributed by atoms with van der Waals surface area (Å²) in [7, 11) is 2.13. The molecule has 17 heavy (non-hydrogen) atoms. The lowest BCUT2D eigenvalue weighted by Crippen LogP contribution is -2.37. The molecular weight excluding hydrogens is 232 g/mol. The van der Waals surface area contributed by atoms with E-state index in [9.17, 15) is 0 Å². The molecule has 1 aromatic rings. The zero-order valence-electron chi connectivity index (χ0n) is 10.7. The van der Waals surface area contributed by atoms with Crippen LogP contribution in [0.4, 0.5) is 11.6 Å². The average Bonchev–Trinajstić information content (AvgIpc) is 2.26. The largest absolute Gasteiger partial charge is 0.370 e. The molecule has 1 aliphatic rings.